The number of carbonyl (C=O) groups excluding carboxylic acids is 2. The zero-order valence-corrected chi connectivity index (χ0v) is 13.4. The molecule has 0 unspecified atom stereocenters. The Morgan fingerprint density at radius 1 is 1.27 bits per heavy atom. The topological polar surface area (TPSA) is 67.2 Å². The van der Waals surface area contributed by atoms with Crippen molar-refractivity contribution < 1.29 is 9.59 Å². The summed E-state index contributed by atoms with van der Waals surface area (Å²) in [6, 6.07) is 5.48. The molecular weight excluding hydrogens is 279 g/mol. The molecule has 3 rings (SSSR count). The Kier molecular flexibility index (Phi) is 4.85. The van der Waals surface area contributed by atoms with Gasteiger partial charge >= 0.3 is 6.03 Å². The third-order valence-corrected chi connectivity index (χ3v) is 3.50. The molecule has 1 fully saturated rings. The fourth-order valence-corrected chi connectivity index (χ4v) is 2.55. The Morgan fingerprint density at radius 2 is 2.00 bits per heavy atom. The number of benzene rings is 1. The van der Waals surface area contributed by atoms with Crippen LogP contribution in [0.25, 0.3) is 10.9 Å². The number of fused-ring (bicyclic) bond motifs is 1. The van der Waals surface area contributed by atoms with E-state index in [4.69, 9.17) is 0 Å². The maximum atomic E-state index is 11.9. The van der Waals surface area contributed by atoms with E-state index >= 15 is 0 Å². The predicted molar refractivity (Wildman–Crippen MR) is 88.8 cm³/mol. The average molecular weight is 299 g/mol. The third-order valence-electron chi connectivity index (χ3n) is 3.50. The van der Waals surface area contributed by atoms with E-state index in [0.29, 0.717) is 18.8 Å². The van der Waals surface area contributed by atoms with Crippen molar-refractivity contribution >= 4 is 41.4 Å². The smallest absolute Gasteiger partial charge is 0.278 e. The average Bonchev–Trinajstić information content (AvgIpc) is 2.86. The molecule has 3 amide bonds. The molecule has 2 heterocycles. The Hall–Kier alpha value is -2.31. The number of rotatable bonds is 2. The van der Waals surface area contributed by atoms with Crippen molar-refractivity contribution in [2.24, 2.45) is 7.05 Å². The minimum Gasteiger partial charge on any atom is -0.278 e. The Labute approximate surface area is 130 Å². The number of aryl methyl sites for hydroxylation is 1. The first kappa shape index (κ1) is 16.1. The van der Waals surface area contributed by atoms with Crippen LogP contribution in [0.3, 0.4) is 0 Å². The summed E-state index contributed by atoms with van der Waals surface area (Å²) in [7, 11) is 3.86. The zero-order chi connectivity index (χ0) is 16.3. The summed E-state index contributed by atoms with van der Waals surface area (Å²) in [5, 5.41) is 7.68. The van der Waals surface area contributed by atoms with Gasteiger partial charge in [-0.15, -0.1) is 0 Å². The van der Waals surface area contributed by atoms with Gasteiger partial charge < -0.3 is 0 Å². The van der Waals surface area contributed by atoms with Gasteiger partial charge in [0.15, 0.2) is 13.1 Å². The van der Waals surface area contributed by atoms with Crippen LogP contribution in [-0.2, 0) is 11.8 Å². The molecule has 0 bridgehead atoms. The monoisotopic (exact) mass is 299 g/mol. The summed E-state index contributed by atoms with van der Waals surface area (Å²) in [6.45, 7) is 6.32. The number of amides is 3. The van der Waals surface area contributed by atoms with Gasteiger partial charge in [-0.05, 0) is 6.07 Å². The van der Waals surface area contributed by atoms with Gasteiger partial charge in [0.25, 0.3) is 0 Å². The first-order valence-electron chi connectivity index (χ1n) is 7.48. The standard InChI is InChI=1S/C13H14BN4O2.C2H6/c1-14-9-5-3-4-8-11(9)17(2)16-12(8)18-7-6-10(19)15-13(18)20;1-2/h3-5H,6-7H2,1-2H3,(H,15,19,20);1-2H3. The van der Waals surface area contributed by atoms with Gasteiger partial charge in [-0.25, -0.2) is 4.79 Å². The molecule has 22 heavy (non-hydrogen) atoms. The van der Waals surface area contributed by atoms with Gasteiger partial charge in [0, 0.05) is 25.4 Å². The van der Waals surface area contributed by atoms with Crippen molar-refractivity contribution in [3.8, 4) is 0 Å². The first-order chi connectivity index (χ1) is 10.6. The van der Waals surface area contributed by atoms with E-state index in [2.05, 4.69) is 10.4 Å². The number of hydrogen-bond acceptors (Lipinski definition) is 3. The van der Waals surface area contributed by atoms with Crippen LogP contribution in [0.2, 0.25) is 6.82 Å². The number of nitrogens with one attached hydrogen (secondary N) is 1. The number of imide groups is 1. The maximum Gasteiger partial charge on any atom is 0.329 e. The van der Waals surface area contributed by atoms with Crippen LogP contribution < -0.4 is 15.7 Å². The van der Waals surface area contributed by atoms with Crippen LogP contribution in [0, 0.1) is 0 Å². The molecule has 7 heteroatoms. The SMILES string of the molecule is CC.C[B]c1cccc2c(N3CCC(=O)NC3=O)nn(C)c12. The fourth-order valence-electron chi connectivity index (χ4n) is 2.55. The maximum absolute atomic E-state index is 11.9. The van der Waals surface area contributed by atoms with Gasteiger partial charge in [0.1, 0.15) is 0 Å². The molecule has 1 N–H and O–H groups in total. The van der Waals surface area contributed by atoms with Crippen LogP contribution in [0.4, 0.5) is 10.6 Å². The summed E-state index contributed by atoms with van der Waals surface area (Å²) >= 11 is 0. The van der Waals surface area contributed by atoms with Crippen molar-refractivity contribution in [1.82, 2.24) is 15.1 Å². The number of carbonyl (C=O) groups is 2. The molecule has 1 aromatic carbocycles. The minimum absolute atomic E-state index is 0.242. The highest BCUT2D eigenvalue weighted by molar-refractivity contribution is 6.55. The summed E-state index contributed by atoms with van der Waals surface area (Å²) in [4.78, 5) is 24.7. The highest BCUT2D eigenvalue weighted by atomic mass is 16.2. The second kappa shape index (κ2) is 6.64. The second-order valence-corrected chi connectivity index (χ2v) is 4.73. The van der Waals surface area contributed by atoms with Crippen molar-refractivity contribution in [3.05, 3.63) is 18.2 Å². The molecule has 1 aromatic heterocycles. The van der Waals surface area contributed by atoms with E-state index in [1.54, 1.807) is 4.68 Å². The molecular formula is C15H20BN4O2. The Balaban J connectivity index is 0.000000847. The van der Waals surface area contributed by atoms with Crippen LogP contribution in [0.15, 0.2) is 18.2 Å². The van der Waals surface area contributed by atoms with Crippen LogP contribution >= 0.6 is 0 Å². The molecule has 1 aliphatic heterocycles. The molecule has 115 valence electrons. The Bertz CT molecular complexity index is 711. The largest absolute Gasteiger partial charge is 0.329 e. The third kappa shape index (κ3) is 2.71. The molecule has 1 aliphatic rings. The normalized spacial score (nSPS) is 14.5. The number of nitrogens with zero attached hydrogens (tertiary/aromatic N) is 3. The Morgan fingerprint density at radius 3 is 2.64 bits per heavy atom. The van der Waals surface area contributed by atoms with E-state index in [0.717, 1.165) is 16.4 Å². The van der Waals surface area contributed by atoms with E-state index in [1.807, 2.05) is 53.2 Å². The van der Waals surface area contributed by atoms with Crippen molar-refractivity contribution in [3.63, 3.8) is 0 Å². The van der Waals surface area contributed by atoms with Crippen LogP contribution in [-0.4, -0.2) is 35.5 Å². The molecule has 1 radical (unpaired) electrons. The molecule has 6 nitrogen and oxygen atoms in total. The number of para-hydroxylation sites is 1. The minimum atomic E-state index is -0.410. The van der Waals surface area contributed by atoms with E-state index in [-0.39, 0.29) is 5.91 Å². The molecule has 0 saturated carbocycles. The number of aromatic nitrogens is 2. The van der Waals surface area contributed by atoms with Gasteiger partial charge in [-0.2, -0.15) is 5.10 Å². The lowest BCUT2D eigenvalue weighted by Crippen LogP contribution is -2.49. The molecule has 2 aromatic rings. The summed E-state index contributed by atoms with van der Waals surface area (Å²) in [6.07, 6.45) is 0.295. The zero-order valence-electron chi connectivity index (χ0n) is 13.4. The fraction of sp³-hybridized carbons (Fsp3) is 0.400. The molecule has 0 spiro atoms. The van der Waals surface area contributed by atoms with Crippen molar-refractivity contribution in [2.75, 3.05) is 11.4 Å². The van der Waals surface area contributed by atoms with Gasteiger partial charge in [0.05, 0.1) is 5.52 Å². The predicted octanol–water partition coefficient (Wildman–Crippen LogP) is 1.42. The highest BCUT2D eigenvalue weighted by Gasteiger charge is 2.28. The first-order valence-corrected chi connectivity index (χ1v) is 7.48. The van der Waals surface area contributed by atoms with Crippen LogP contribution in [0.5, 0.6) is 0 Å². The number of anilines is 1. The number of hydrogen-bond donors (Lipinski definition) is 1. The highest BCUT2D eigenvalue weighted by Crippen LogP contribution is 2.25. The van der Waals surface area contributed by atoms with E-state index in [9.17, 15) is 9.59 Å². The van der Waals surface area contributed by atoms with Gasteiger partial charge in [0.2, 0.25) is 5.91 Å². The molecule has 0 aliphatic carbocycles. The lowest BCUT2D eigenvalue weighted by Gasteiger charge is -2.24. The summed E-state index contributed by atoms with van der Waals surface area (Å²) in [5.74, 6) is 0.352. The van der Waals surface area contributed by atoms with Crippen molar-refractivity contribution in [2.45, 2.75) is 27.1 Å². The number of urea groups is 1. The van der Waals surface area contributed by atoms with Crippen LogP contribution in [0.1, 0.15) is 20.3 Å². The second-order valence-electron chi connectivity index (χ2n) is 4.73. The molecule has 0 atom stereocenters. The lowest BCUT2D eigenvalue weighted by atomic mass is 9.72. The van der Waals surface area contributed by atoms with E-state index < -0.39 is 6.03 Å². The van der Waals surface area contributed by atoms with E-state index in [1.165, 1.54) is 4.90 Å². The van der Waals surface area contributed by atoms with Crippen molar-refractivity contribution in [1.29, 1.82) is 0 Å². The molecule has 1 saturated heterocycles. The lowest BCUT2D eigenvalue weighted by molar-refractivity contribution is -0.120. The summed E-state index contributed by atoms with van der Waals surface area (Å²) < 4.78 is 1.77. The summed E-state index contributed by atoms with van der Waals surface area (Å²) in [5.41, 5.74) is 2.05. The van der Waals surface area contributed by atoms with Gasteiger partial charge in [-0.1, -0.05) is 38.3 Å². The van der Waals surface area contributed by atoms with Gasteiger partial charge in [-0.3, -0.25) is 19.7 Å². The quantitative estimate of drug-likeness (QED) is 0.853.